The van der Waals surface area contributed by atoms with E-state index in [0.29, 0.717) is 5.75 Å². The zero-order chi connectivity index (χ0) is 15.1. The monoisotopic (exact) mass is 304 g/mol. The van der Waals surface area contributed by atoms with Gasteiger partial charge in [-0.25, -0.2) is 8.42 Å². The first-order chi connectivity index (χ1) is 10.1. The highest BCUT2D eigenvalue weighted by molar-refractivity contribution is 7.91. The van der Waals surface area contributed by atoms with E-state index in [0.717, 1.165) is 0 Å². The van der Waals surface area contributed by atoms with Crippen LogP contribution in [0.5, 0.6) is 5.75 Å². The van der Waals surface area contributed by atoms with Gasteiger partial charge in [0, 0.05) is 6.42 Å². The lowest BCUT2D eigenvalue weighted by Crippen LogP contribution is -2.16. The molecule has 0 radical (unpaired) electrons. The molecule has 0 heterocycles. The highest BCUT2D eigenvalue weighted by Crippen LogP contribution is 2.12. The second-order valence-corrected chi connectivity index (χ2v) is 6.63. The molecule has 2 rings (SSSR count). The maximum Gasteiger partial charge on any atom is 0.178 e. The zero-order valence-corrected chi connectivity index (χ0v) is 12.3. The maximum absolute atomic E-state index is 12.0. The molecular weight excluding hydrogens is 288 g/mol. The van der Waals surface area contributed by atoms with Crippen LogP contribution in [0.1, 0.15) is 6.42 Å². The Morgan fingerprint density at radius 1 is 0.905 bits per heavy atom. The number of rotatable bonds is 7. The van der Waals surface area contributed by atoms with Crippen LogP contribution in [-0.4, -0.2) is 26.6 Å². The van der Waals surface area contributed by atoms with E-state index in [9.17, 15) is 13.2 Å². The summed E-state index contributed by atoms with van der Waals surface area (Å²) < 4.78 is 29.3. The molecule has 0 fully saturated rings. The first kappa shape index (κ1) is 15.3. The molecule has 0 saturated carbocycles. The molecule has 0 aromatic heterocycles. The number of hydrogen-bond acceptors (Lipinski definition) is 4. The highest BCUT2D eigenvalue weighted by Gasteiger charge is 2.16. The average Bonchev–Trinajstić information content (AvgIpc) is 2.53. The maximum atomic E-state index is 12.0. The Labute approximate surface area is 124 Å². The molecule has 2 aromatic carbocycles. The van der Waals surface area contributed by atoms with Crippen molar-refractivity contribution in [1.82, 2.24) is 0 Å². The van der Waals surface area contributed by atoms with E-state index in [1.54, 1.807) is 42.5 Å². The van der Waals surface area contributed by atoms with Gasteiger partial charge in [0.1, 0.15) is 12.4 Å². The molecule has 0 aliphatic rings. The van der Waals surface area contributed by atoms with Gasteiger partial charge in [-0.3, -0.25) is 4.79 Å². The lowest BCUT2D eigenvalue weighted by Gasteiger charge is -2.06. The highest BCUT2D eigenvalue weighted by atomic mass is 32.2. The predicted octanol–water partition coefficient (Wildman–Crippen LogP) is 2.50. The molecule has 110 valence electrons. The summed E-state index contributed by atoms with van der Waals surface area (Å²) in [5, 5.41) is 0. The van der Waals surface area contributed by atoms with Gasteiger partial charge in [-0.1, -0.05) is 36.4 Å². The van der Waals surface area contributed by atoms with Crippen LogP contribution in [0.2, 0.25) is 0 Å². The molecule has 0 spiro atoms. The summed E-state index contributed by atoms with van der Waals surface area (Å²) in [5.41, 5.74) is 0. The van der Waals surface area contributed by atoms with Crippen LogP contribution in [0.15, 0.2) is 65.6 Å². The van der Waals surface area contributed by atoms with E-state index in [1.807, 2.05) is 6.07 Å². The molecule has 5 heteroatoms. The predicted molar refractivity (Wildman–Crippen MR) is 80.1 cm³/mol. The summed E-state index contributed by atoms with van der Waals surface area (Å²) in [4.78, 5) is 11.9. The third-order valence-electron chi connectivity index (χ3n) is 2.89. The fourth-order valence-corrected chi connectivity index (χ4v) is 3.05. The Bertz CT molecular complexity index is 679. The molecule has 0 saturated heterocycles. The SMILES string of the molecule is O=C(CCS(=O)(=O)c1ccccc1)COc1ccccc1. The summed E-state index contributed by atoms with van der Waals surface area (Å²) in [6.45, 7) is -0.117. The molecular formula is C16H16O4S. The van der Waals surface area contributed by atoms with E-state index in [2.05, 4.69) is 0 Å². The minimum absolute atomic E-state index is 0.0515. The number of Topliss-reactive ketones (excluding diaryl/α,β-unsaturated/α-hetero) is 1. The lowest BCUT2D eigenvalue weighted by molar-refractivity contribution is -0.120. The van der Waals surface area contributed by atoms with Crippen molar-refractivity contribution in [3.63, 3.8) is 0 Å². The summed E-state index contributed by atoms with van der Waals surface area (Å²) in [6.07, 6.45) is -0.0515. The topological polar surface area (TPSA) is 60.4 Å². The fraction of sp³-hybridized carbons (Fsp3) is 0.188. The minimum atomic E-state index is -3.41. The average molecular weight is 304 g/mol. The van der Waals surface area contributed by atoms with Crippen LogP contribution in [-0.2, 0) is 14.6 Å². The van der Waals surface area contributed by atoms with Crippen molar-refractivity contribution in [1.29, 1.82) is 0 Å². The largest absolute Gasteiger partial charge is 0.486 e. The second-order valence-electron chi connectivity index (χ2n) is 4.52. The number of carbonyl (C=O) groups excluding carboxylic acids is 1. The van der Waals surface area contributed by atoms with Gasteiger partial charge in [0.15, 0.2) is 15.6 Å². The van der Waals surface area contributed by atoms with Crippen molar-refractivity contribution in [2.24, 2.45) is 0 Å². The van der Waals surface area contributed by atoms with Gasteiger partial charge in [-0.15, -0.1) is 0 Å². The van der Waals surface area contributed by atoms with Gasteiger partial charge < -0.3 is 4.74 Å². The van der Waals surface area contributed by atoms with E-state index in [-0.39, 0.29) is 29.5 Å². The smallest absolute Gasteiger partial charge is 0.178 e. The number of ketones is 1. The van der Waals surface area contributed by atoms with Crippen molar-refractivity contribution in [2.45, 2.75) is 11.3 Å². The fourth-order valence-electron chi connectivity index (χ4n) is 1.75. The first-order valence-electron chi connectivity index (χ1n) is 6.55. The Balaban J connectivity index is 1.84. The van der Waals surface area contributed by atoms with E-state index < -0.39 is 9.84 Å². The molecule has 0 aliphatic heterocycles. The van der Waals surface area contributed by atoms with Crippen LogP contribution in [0.25, 0.3) is 0 Å². The van der Waals surface area contributed by atoms with Gasteiger partial charge in [-0.05, 0) is 24.3 Å². The van der Waals surface area contributed by atoms with Crippen LogP contribution in [0.4, 0.5) is 0 Å². The van der Waals surface area contributed by atoms with Gasteiger partial charge in [0.05, 0.1) is 10.6 Å². The molecule has 0 N–H and O–H groups in total. The van der Waals surface area contributed by atoms with Crippen molar-refractivity contribution in [3.8, 4) is 5.75 Å². The van der Waals surface area contributed by atoms with Gasteiger partial charge in [0.25, 0.3) is 0 Å². The summed E-state index contributed by atoms with van der Waals surface area (Å²) in [7, 11) is -3.41. The summed E-state index contributed by atoms with van der Waals surface area (Å²) >= 11 is 0. The Morgan fingerprint density at radius 3 is 2.10 bits per heavy atom. The van der Waals surface area contributed by atoms with Crippen LogP contribution < -0.4 is 4.74 Å². The molecule has 0 atom stereocenters. The van der Waals surface area contributed by atoms with Crippen molar-refractivity contribution < 1.29 is 17.9 Å². The number of ether oxygens (including phenoxy) is 1. The van der Waals surface area contributed by atoms with Crippen molar-refractivity contribution in [3.05, 3.63) is 60.7 Å². The van der Waals surface area contributed by atoms with Gasteiger partial charge in [-0.2, -0.15) is 0 Å². The molecule has 21 heavy (non-hydrogen) atoms. The normalized spacial score (nSPS) is 11.0. The van der Waals surface area contributed by atoms with E-state index >= 15 is 0 Å². The number of carbonyl (C=O) groups is 1. The van der Waals surface area contributed by atoms with Crippen LogP contribution >= 0.6 is 0 Å². The number of sulfone groups is 1. The van der Waals surface area contributed by atoms with E-state index in [4.69, 9.17) is 4.74 Å². The molecule has 0 unspecified atom stereocenters. The molecule has 4 nitrogen and oxygen atoms in total. The molecule has 0 aliphatic carbocycles. The summed E-state index contributed by atoms with van der Waals surface area (Å²) in [5.74, 6) is 0.156. The van der Waals surface area contributed by atoms with Gasteiger partial charge in [0.2, 0.25) is 0 Å². The van der Waals surface area contributed by atoms with Crippen molar-refractivity contribution >= 4 is 15.6 Å². The van der Waals surface area contributed by atoms with Crippen LogP contribution in [0, 0.1) is 0 Å². The Morgan fingerprint density at radius 2 is 1.48 bits per heavy atom. The van der Waals surface area contributed by atoms with Crippen molar-refractivity contribution in [2.75, 3.05) is 12.4 Å². The quantitative estimate of drug-likeness (QED) is 0.788. The first-order valence-corrected chi connectivity index (χ1v) is 8.20. The zero-order valence-electron chi connectivity index (χ0n) is 11.4. The minimum Gasteiger partial charge on any atom is -0.486 e. The Kier molecular flexibility index (Phi) is 5.11. The van der Waals surface area contributed by atoms with E-state index in [1.165, 1.54) is 12.1 Å². The lowest BCUT2D eigenvalue weighted by atomic mass is 10.3. The number of hydrogen-bond donors (Lipinski definition) is 0. The molecule has 0 amide bonds. The third kappa shape index (κ3) is 4.72. The Hall–Kier alpha value is -2.14. The standard InChI is InChI=1S/C16H16O4S/c17-14(13-20-15-7-3-1-4-8-15)11-12-21(18,19)16-9-5-2-6-10-16/h1-10H,11-13H2. The third-order valence-corrected chi connectivity index (χ3v) is 4.63. The second kappa shape index (κ2) is 7.04. The van der Waals surface area contributed by atoms with Gasteiger partial charge >= 0.3 is 0 Å². The molecule has 0 bridgehead atoms. The van der Waals surface area contributed by atoms with Crippen LogP contribution in [0.3, 0.4) is 0 Å². The number of benzene rings is 2. The molecule has 2 aromatic rings. The number of para-hydroxylation sites is 1. The summed E-state index contributed by atoms with van der Waals surface area (Å²) in [6, 6.07) is 17.1.